The van der Waals surface area contributed by atoms with E-state index in [2.05, 4.69) is 4.90 Å². The molecule has 5 saturated carbocycles. The second kappa shape index (κ2) is 11.7. The lowest BCUT2D eigenvalue weighted by molar-refractivity contribution is -0.322. The van der Waals surface area contributed by atoms with Crippen LogP contribution in [0.25, 0.3) is 0 Å². The average Bonchev–Trinajstić information content (AvgIpc) is 3.41. The standard InChI is InChI=1S/C34H45Cl2NO11/c1-7-37-13-31(14-43-3)19(39)11-20(44-4)33-16-12-32(42)28(47-30(41)21-17(35)9-8-10-18(21)36)22(16)34(48-15(2)38,27(40)29(32)46-6)23(26(33)37)24(45-5)25(31)33/h8-10,16,19-20,22-29,39-40,42H,7,11-14H2,1-6H3/t16?,19-,20+,22?,23+,24?,25?,26?,27+,28?,29+,31+,32-,33+,34-/m1/s1. The van der Waals surface area contributed by atoms with Gasteiger partial charge in [-0.3, -0.25) is 9.69 Å². The summed E-state index contributed by atoms with van der Waals surface area (Å²) in [5.41, 5.74) is -5.44. The molecular weight excluding hydrogens is 669 g/mol. The summed E-state index contributed by atoms with van der Waals surface area (Å²) in [5, 5.41) is 37.5. The maximum absolute atomic E-state index is 14.0. The molecular formula is C34H45Cl2NO11. The molecule has 1 aromatic rings. The number of aliphatic hydroxyl groups is 3. The number of benzene rings is 1. The maximum Gasteiger partial charge on any atom is 0.341 e. The molecule has 12 nitrogen and oxygen atoms in total. The minimum atomic E-state index is -1.93. The third-order valence-electron chi connectivity index (χ3n) is 13.3. The highest BCUT2D eigenvalue weighted by atomic mass is 35.5. The molecule has 48 heavy (non-hydrogen) atoms. The van der Waals surface area contributed by atoms with E-state index in [-0.39, 0.29) is 41.1 Å². The van der Waals surface area contributed by atoms with Gasteiger partial charge in [0, 0.05) is 83.0 Å². The molecule has 1 saturated heterocycles. The number of hydrogen-bond acceptors (Lipinski definition) is 12. The van der Waals surface area contributed by atoms with Gasteiger partial charge >= 0.3 is 11.9 Å². The number of carbonyl (C=O) groups is 2. The molecule has 6 unspecified atom stereocenters. The van der Waals surface area contributed by atoms with E-state index in [9.17, 15) is 24.9 Å². The van der Waals surface area contributed by atoms with E-state index in [1.165, 1.54) is 26.2 Å². The van der Waals surface area contributed by atoms with Crippen LogP contribution in [0.2, 0.25) is 10.0 Å². The van der Waals surface area contributed by atoms with Gasteiger partial charge in [0.15, 0.2) is 5.60 Å². The summed E-state index contributed by atoms with van der Waals surface area (Å²) in [4.78, 5) is 29.6. The Balaban J connectivity index is 1.53. The van der Waals surface area contributed by atoms with Gasteiger partial charge in [-0.15, -0.1) is 0 Å². The SMILES string of the molecule is CCN1C[C@@]2(COC)C3C(OC)[C@H]4C1[C@@]3(C1C[C@@]3(O)C(OC(=O)c5c(Cl)cccc5Cl)C1[C@]4(OC(C)=O)[C@@H](O)[C@@H]3OC)[C@@H](OC)C[C@H]2O. The molecule has 14 heteroatoms. The van der Waals surface area contributed by atoms with Gasteiger partial charge in [-0.05, 0) is 31.0 Å². The summed E-state index contributed by atoms with van der Waals surface area (Å²) in [6.45, 7) is 4.54. The lowest BCUT2D eigenvalue weighted by atomic mass is 9.42. The molecule has 1 heterocycles. The van der Waals surface area contributed by atoms with E-state index in [4.69, 9.17) is 51.6 Å². The number of hydrogen-bond donors (Lipinski definition) is 3. The van der Waals surface area contributed by atoms with Crippen LogP contribution in [0.4, 0.5) is 0 Å². The summed E-state index contributed by atoms with van der Waals surface area (Å²) in [7, 11) is 6.17. The largest absolute Gasteiger partial charge is 0.455 e. The molecule has 5 aliphatic carbocycles. The van der Waals surface area contributed by atoms with Crippen molar-refractivity contribution in [3.63, 3.8) is 0 Å². The zero-order valence-corrected chi connectivity index (χ0v) is 29.4. The van der Waals surface area contributed by atoms with Crippen LogP contribution in [-0.2, 0) is 33.2 Å². The first-order valence-electron chi connectivity index (χ1n) is 16.6. The Hall–Kier alpha value is -1.58. The number of nitrogens with zero attached hydrogens (tertiary/aromatic N) is 1. The van der Waals surface area contributed by atoms with Crippen molar-refractivity contribution in [1.29, 1.82) is 0 Å². The highest BCUT2D eigenvalue weighted by Gasteiger charge is 2.92. The zero-order chi connectivity index (χ0) is 34.7. The fourth-order valence-corrected chi connectivity index (χ4v) is 13.0. The second-order valence-electron chi connectivity index (χ2n) is 14.7. The fraction of sp³-hybridized carbons (Fsp3) is 0.765. The predicted octanol–water partition coefficient (Wildman–Crippen LogP) is 1.95. The molecule has 7 rings (SSSR count). The monoisotopic (exact) mass is 713 g/mol. The first-order chi connectivity index (χ1) is 22.8. The van der Waals surface area contributed by atoms with E-state index in [0.717, 1.165) is 0 Å². The number of esters is 2. The molecule has 0 radical (unpaired) electrons. The molecule has 6 fully saturated rings. The second-order valence-corrected chi connectivity index (χ2v) is 15.5. The maximum atomic E-state index is 14.0. The Morgan fingerprint density at radius 1 is 1.02 bits per heavy atom. The number of aliphatic hydroxyl groups excluding tert-OH is 2. The van der Waals surface area contributed by atoms with Gasteiger partial charge in [0.05, 0.1) is 40.5 Å². The minimum absolute atomic E-state index is 0.0111. The summed E-state index contributed by atoms with van der Waals surface area (Å²) >= 11 is 12.9. The minimum Gasteiger partial charge on any atom is -0.455 e. The molecule has 3 N–H and O–H groups in total. The van der Waals surface area contributed by atoms with E-state index >= 15 is 0 Å². The van der Waals surface area contributed by atoms with Crippen molar-refractivity contribution in [3.05, 3.63) is 33.8 Å². The number of halogens is 2. The Morgan fingerprint density at radius 3 is 2.27 bits per heavy atom. The molecule has 266 valence electrons. The molecule has 15 atom stereocenters. The van der Waals surface area contributed by atoms with Crippen LogP contribution in [0.1, 0.15) is 37.0 Å². The summed E-state index contributed by atoms with van der Waals surface area (Å²) in [5.74, 6) is -4.19. The summed E-state index contributed by atoms with van der Waals surface area (Å²) in [6.07, 6.45) is -5.98. The van der Waals surface area contributed by atoms with Crippen LogP contribution in [0.15, 0.2) is 18.2 Å². The Bertz CT molecular complexity index is 1460. The van der Waals surface area contributed by atoms with E-state index in [1.54, 1.807) is 27.4 Å². The lowest BCUT2D eigenvalue weighted by Crippen LogP contribution is -2.81. The molecule has 1 spiro atoms. The van der Waals surface area contributed by atoms with Crippen LogP contribution in [-0.4, -0.2) is 134 Å². The van der Waals surface area contributed by atoms with Gasteiger partial charge in [-0.1, -0.05) is 36.2 Å². The van der Waals surface area contributed by atoms with Gasteiger partial charge in [0.25, 0.3) is 0 Å². The highest BCUT2D eigenvalue weighted by Crippen LogP contribution is 2.80. The third-order valence-corrected chi connectivity index (χ3v) is 13.9. The summed E-state index contributed by atoms with van der Waals surface area (Å²) < 4.78 is 37.4. The van der Waals surface area contributed by atoms with Gasteiger partial charge in [-0.25, -0.2) is 4.79 Å². The number of likely N-dealkylation sites (tertiary alicyclic amines) is 1. The number of piperidine rings is 1. The van der Waals surface area contributed by atoms with Crippen molar-refractivity contribution in [2.75, 3.05) is 48.1 Å². The first-order valence-corrected chi connectivity index (χ1v) is 17.3. The fourth-order valence-electron chi connectivity index (χ4n) is 12.4. The Labute approximate surface area is 289 Å². The van der Waals surface area contributed by atoms with Gasteiger partial charge in [0.1, 0.15) is 23.9 Å². The lowest BCUT2D eigenvalue weighted by Gasteiger charge is -2.70. The third kappa shape index (κ3) is 3.96. The van der Waals surface area contributed by atoms with E-state index in [0.29, 0.717) is 13.1 Å². The summed E-state index contributed by atoms with van der Waals surface area (Å²) in [6, 6.07) is 4.24. The average molecular weight is 715 g/mol. The zero-order valence-electron chi connectivity index (χ0n) is 27.9. The number of rotatable bonds is 9. The van der Waals surface area contributed by atoms with Crippen LogP contribution < -0.4 is 0 Å². The number of fused-ring (bicyclic) bond motifs is 2. The molecule has 1 aliphatic heterocycles. The van der Waals surface area contributed by atoms with E-state index in [1.807, 2.05) is 6.92 Å². The van der Waals surface area contributed by atoms with Crippen LogP contribution in [0.5, 0.6) is 0 Å². The number of ether oxygens (including phenoxy) is 6. The van der Waals surface area contributed by atoms with Crippen LogP contribution in [0, 0.1) is 34.5 Å². The van der Waals surface area contributed by atoms with Crippen molar-refractivity contribution in [3.8, 4) is 0 Å². The predicted molar refractivity (Wildman–Crippen MR) is 170 cm³/mol. The van der Waals surface area contributed by atoms with Gasteiger partial charge < -0.3 is 43.7 Å². The quantitative estimate of drug-likeness (QED) is 0.321. The highest BCUT2D eigenvalue weighted by molar-refractivity contribution is 6.39. The van der Waals surface area contributed by atoms with Crippen molar-refractivity contribution >= 4 is 35.1 Å². The molecule has 7 bridgehead atoms. The van der Waals surface area contributed by atoms with Gasteiger partial charge in [-0.2, -0.15) is 0 Å². The van der Waals surface area contributed by atoms with Gasteiger partial charge in [0.2, 0.25) is 0 Å². The van der Waals surface area contributed by atoms with Crippen molar-refractivity contribution < 1.29 is 53.3 Å². The van der Waals surface area contributed by atoms with Crippen molar-refractivity contribution in [2.45, 2.75) is 80.6 Å². The normalized spacial score (nSPS) is 48.4. The number of carbonyl (C=O) groups excluding carboxylic acids is 2. The van der Waals surface area contributed by atoms with E-state index < -0.39 is 94.3 Å². The Morgan fingerprint density at radius 2 is 1.71 bits per heavy atom. The van der Waals surface area contributed by atoms with Crippen LogP contribution in [0.3, 0.4) is 0 Å². The van der Waals surface area contributed by atoms with Crippen LogP contribution >= 0.6 is 23.2 Å². The smallest absolute Gasteiger partial charge is 0.341 e. The van der Waals surface area contributed by atoms with Crippen molar-refractivity contribution in [1.82, 2.24) is 4.90 Å². The topological polar surface area (TPSA) is 153 Å². The Kier molecular flexibility index (Phi) is 8.51. The molecule has 0 amide bonds. The molecule has 6 aliphatic rings. The van der Waals surface area contributed by atoms with Crippen molar-refractivity contribution in [2.24, 2.45) is 34.5 Å². The molecule has 0 aromatic heterocycles. The molecule has 1 aromatic carbocycles. The first kappa shape index (κ1) is 34.9. The number of methoxy groups -OCH3 is 4.